The number of sulfonamides is 2. The monoisotopic (exact) mass is 536 g/mol. The molecule has 190 valence electrons. The van der Waals surface area contributed by atoms with E-state index in [0.29, 0.717) is 5.56 Å². The SMILES string of the molecule is O=[N+]([O-])c1ccc(S(=O)(=O)NNCC(NNS(=O)(=O)c2ccc([N+](=O)[O-])cc2)c2ccccc2)cc1. The van der Waals surface area contributed by atoms with Crippen molar-refractivity contribution in [2.75, 3.05) is 6.54 Å². The highest BCUT2D eigenvalue weighted by Gasteiger charge is 2.20. The van der Waals surface area contributed by atoms with Crippen molar-refractivity contribution in [1.29, 1.82) is 0 Å². The van der Waals surface area contributed by atoms with Gasteiger partial charge < -0.3 is 0 Å². The van der Waals surface area contributed by atoms with E-state index in [4.69, 9.17) is 0 Å². The predicted molar refractivity (Wildman–Crippen MR) is 127 cm³/mol. The molecular formula is C20H20N6O8S2. The van der Waals surface area contributed by atoms with E-state index in [-0.39, 0.29) is 27.7 Å². The Kier molecular flexibility index (Phi) is 8.41. The predicted octanol–water partition coefficient (Wildman–Crippen LogP) is 1.51. The number of nitrogens with one attached hydrogen (secondary N) is 4. The molecule has 4 N–H and O–H groups in total. The molecule has 3 rings (SSSR count). The highest BCUT2D eigenvalue weighted by Crippen LogP contribution is 2.17. The van der Waals surface area contributed by atoms with E-state index in [9.17, 15) is 37.1 Å². The van der Waals surface area contributed by atoms with Crippen LogP contribution in [0.4, 0.5) is 11.4 Å². The van der Waals surface area contributed by atoms with E-state index >= 15 is 0 Å². The maximum atomic E-state index is 12.6. The van der Waals surface area contributed by atoms with Gasteiger partial charge in [-0.1, -0.05) is 30.3 Å². The quantitative estimate of drug-likeness (QED) is 0.194. The van der Waals surface area contributed by atoms with E-state index in [1.165, 1.54) is 0 Å². The fourth-order valence-electron chi connectivity index (χ4n) is 2.94. The van der Waals surface area contributed by atoms with Gasteiger partial charge in [0, 0.05) is 30.8 Å². The Hall–Kier alpha value is -3.80. The molecule has 0 saturated heterocycles. The molecule has 14 nitrogen and oxygen atoms in total. The molecule has 1 atom stereocenters. The second kappa shape index (κ2) is 11.3. The lowest BCUT2D eigenvalue weighted by molar-refractivity contribution is -0.385. The second-order valence-corrected chi connectivity index (χ2v) is 10.6. The van der Waals surface area contributed by atoms with Crippen LogP contribution in [0.2, 0.25) is 0 Å². The molecule has 0 bridgehead atoms. The summed E-state index contributed by atoms with van der Waals surface area (Å²) in [7, 11) is -8.20. The van der Waals surface area contributed by atoms with Crippen molar-refractivity contribution in [2.45, 2.75) is 15.8 Å². The van der Waals surface area contributed by atoms with Crippen LogP contribution in [-0.4, -0.2) is 33.2 Å². The van der Waals surface area contributed by atoms with E-state index in [1.807, 2.05) is 0 Å². The summed E-state index contributed by atoms with van der Waals surface area (Å²) in [5.74, 6) is 0. The normalized spacial score (nSPS) is 12.7. The van der Waals surface area contributed by atoms with Gasteiger partial charge in [-0.2, -0.15) is 0 Å². The number of nitro groups is 2. The first-order valence-electron chi connectivity index (χ1n) is 10.1. The fraction of sp³-hybridized carbons (Fsp3) is 0.100. The number of hydrazine groups is 2. The van der Waals surface area contributed by atoms with Gasteiger partial charge in [-0.25, -0.2) is 27.7 Å². The Morgan fingerprint density at radius 1 is 0.667 bits per heavy atom. The van der Waals surface area contributed by atoms with Gasteiger partial charge in [-0.15, -0.1) is 9.66 Å². The summed E-state index contributed by atoms with van der Waals surface area (Å²) in [5.41, 5.74) is 5.19. The van der Waals surface area contributed by atoms with Gasteiger partial charge in [0.15, 0.2) is 0 Å². The maximum absolute atomic E-state index is 12.6. The highest BCUT2D eigenvalue weighted by atomic mass is 32.2. The molecular weight excluding hydrogens is 516 g/mol. The molecule has 0 spiro atoms. The van der Waals surface area contributed by atoms with Crippen molar-refractivity contribution in [1.82, 2.24) is 20.5 Å². The van der Waals surface area contributed by atoms with Crippen LogP contribution in [0, 0.1) is 20.2 Å². The van der Waals surface area contributed by atoms with E-state index < -0.39 is 35.9 Å². The molecule has 3 aromatic rings. The van der Waals surface area contributed by atoms with Crippen molar-refractivity contribution < 1.29 is 26.7 Å². The van der Waals surface area contributed by atoms with E-state index in [2.05, 4.69) is 20.5 Å². The van der Waals surface area contributed by atoms with Crippen LogP contribution in [-0.2, 0) is 20.0 Å². The minimum absolute atomic E-state index is 0.126. The summed E-state index contributed by atoms with van der Waals surface area (Å²) in [6, 6.07) is 16.3. The molecule has 1 unspecified atom stereocenters. The number of hydrogen-bond acceptors (Lipinski definition) is 10. The standard InChI is InChI=1S/C20H20N6O8S2/c27-25(28)16-6-10-18(11-7-16)35(31,32)23-21-14-20(15-4-2-1-3-5-15)22-24-36(33,34)19-12-8-17(9-13-19)26(29)30/h1-13,20-24H,14H2. The maximum Gasteiger partial charge on any atom is 0.269 e. The molecule has 0 aliphatic carbocycles. The zero-order chi connectivity index (χ0) is 26.3. The van der Waals surface area contributed by atoms with Crippen LogP contribution in [0.1, 0.15) is 11.6 Å². The van der Waals surface area contributed by atoms with Crippen molar-refractivity contribution in [3.05, 3.63) is 105 Å². The smallest absolute Gasteiger partial charge is 0.258 e. The van der Waals surface area contributed by atoms with Gasteiger partial charge >= 0.3 is 0 Å². The molecule has 36 heavy (non-hydrogen) atoms. The van der Waals surface area contributed by atoms with Gasteiger partial charge in [-0.3, -0.25) is 20.2 Å². The molecule has 16 heteroatoms. The molecule has 0 saturated carbocycles. The summed E-state index contributed by atoms with van der Waals surface area (Å²) in [6.07, 6.45) is 0. The molecule has 0 fully saturated rings. The number of nitrogens with zero attached hydrogens (tertiary/aromatic N) is 2. The van der Waals surface area contributed by atoms with E-state index in [0.717, 1.165) is 48.5 Å². The van der Waals surface area contributed by atoms with Crippen molar-refractivity contribution in [3.8, 4) is 0 Å². The summed E-state index contributed by atoms with van der Waals surface area (Å²) < 4.78 is 50.2. The number of benzene rings is 3. The summed E-state index contributed by atoms with van der Waals surface area (Å²) >= 11 is 0. The van der Waals surface area contributed by atoms with Gasteiger partial charge in [0.25, 0.3) is 31.4 Å². The largest absolute Gasteiger partial charge is 0.269 e. The summed E-state index contributed by atoms with van der Waals surface area (Å²) in [5, 5.41) is 21.5. The first kappa shape index (κ1) is 26.8. The molecule has 3 aromatic carbocycles. The number of non-ortho nitro benzene ring substituents is 2. The Balaban J connectivity index is 1.69. The minimum atomic E-state index is -4.12. The average Bonchev–Trinajstić information content (AvgIpc) is 2.86. The van der Waals surface area contributed by atoms with E-state index in [1.54, 1.807) is 30.3 Å². The first-order chi connectivity index (χ1) is 17.0. The third-order valence-electron chi connectivity index (χ3n) is 4.80. The Morgan fingerprint density at radius 2 is 1.11 bits per heavy atom. The van der Waals surface area contributed by atoms with Crippen LogP contribution in [0.25, 0.3) is 0 Å². The van der Waals surface area contributed by atoms with Gasteiger partial charge in [0.05, 0.1) is 25.7 Å². The van der Waals surface area contributed by atoms with Crippen LogP contribution in [0.15, 0.2) is 88.7 Å². The number of hydrogen-bond donors (Lipinski definition) is 4. The second-order valence-electron chi connectivity index (χ2n) is 7.20. The third kappa shape index (κ3) is 6.87. The van der Waals surface area contributed by atoms with Crippen LogP contribution in [0.3, 0.4) is 0 Å². The van der Waals surface area contributed by atoms with Crippen molar-refractivity contribution in [2.24, 2.45) is 0 Å². The molecule has 0 heterocycles. The minimum Gasteiger partial charge on any atom is -0.258 e. The fourth-order valence-corrected chi connectivity index (χ4v) is 4.73. The zero-order valence-electron chi connectivity index (χ0n) is 18.3. The molecule has 0 aliphatic heterocycles. The Labute approximate surface area is 205 Å². The van der Waals surface area contributed by atoms with Gasteiger partial charge in [0.2, 0.25) is 0 Å². The number of rotatable bonds is 12. The zero-order valence-corrected chi connectivity index (χ0v) is 19.9. The topological polar surface area (TPSA) is 203 Å². The summed E-state index contributed by atoms with van der Waals surface area (Å²) in [6.45, 7) is -0.126. The molecule has 0 radical (unpaired) electrons. The van der Waals surface area contributed by atoms with Crippen molar-refractivity contribution in [3.63, 3.8) is 0 Å². The number of nitro benzene ring substituents is 2. The van der Waals surface area contributed by atoms with Crippen LogP contribution < -0.4 is 20.5 Å². The lowest BCUT2D eigenvalue weighted by Crippen LogP contribution is -2.47. The lowest BCUT2D eigenvalue weighted by atomic mass is 10.1. The Bertz CT molecular complexity index is 1430. The van der Waals surface area contributed by atoms with Crippen molar-refractivity contribution >= 4 is 31.4 Å². The van der Waals surface area contributed by atoms with Gasteiger partial charge in [-0.05, 0) is 29.8 Å². The Morgan fingerprint density at radius 3 is 1.56 bits per heavy atom. The third-order valence-corrected chi connectivity index (χ3v) is 7.38. The molecule has 0 aromatic heterocycles. The first-order valence-corrected chi connectivity index (χ1v) is 13.0. The lowest BCUT2D eigenvalue weighted by Gasteiger charge is -2.20. The molecule has 0 aliphatic rings. The average molecular weight is 537 g/mol. The van der Waals surface area contributed by atoms with Crippen LogP contribution in [0.5, 0.6) is 0 Å². The van der Waals surface area contributed by atoms with Gasteiger partial charge in [0.1, 0.15) is 0 Å². The summed E-state index contributed by atoms with van der Waals surface area (Å²) in [4.78, 5) is 24.1. The van der Waals surface area contributed by atoms with Crippen LogP contribution >= 0.6 is 0 Å². The highest BCUT2D eigenvalue weighted by molar-refractivity contribution is 7.89. The molecule has 0 amide bonds.